The van der Waals surface area contributed by atoms with Crippen LogP contribution in [-0.2, 0) is 29.1 Å². The summed E-state index contributed by atoms with van der Waals surface area (Å²) in [6.45, 7) is 25.1. The second-order valence-corrected chi connectivity index (χ2v) is 26.8. The quantitative estimate of drug-likeness (QED) is 0.157. The van der Waals surface area contributed by atoms with Crippen LogP contribution in [0.15, 0.2) is 224 Å². The van der Waals surface area contributed by atoms with Crippen molar-refractivity contribution in [2.24, 2.45) is 0 Å². The van der Waals surface area contributed by atoms with Crippen LogP contribution in [0.1, 0.15) is 101 Å². The van der Waals surface area contributed by atoms with Crippen LogP contribution in [0.5, 0.6) is 5.75 Å². The molecule has 0 atom stereocenters. The summed E-state index contributed by atoms with van der Waals surface area (Å²) in [4.78, 5) is 11.6. The molecule has 0 radical (unpaired) electrons. The van der Waals surface area contributed by atoms with E-state index in [1.165, 1.54) is 33.4 Å². The number of aromatic nitrogens is 3. The lowest BCUT2D eigenvalue weighted by molar-refractivity contribution is 0.476. The number of nitrogens with zero attached hydrogens (tertiary/aromatic N) is 3. The normalized spacial score (nSPS) is 12.5. The highest BCUT2D eigenvalue weighted by Crippen LogP contribution is 2.51. The van der Waals surface area contributed by atoms with Gasteiger partial charge in [0.1, 0.15) is 11.4 Å². The Labute approximate surface area is 508 Å². The van der Waals surface area contributed by atoms with Gasteiger partial charge in [-0.25, -0.2) is 9.97 Å². The van der Waals surface area contributed by atoms with E-state index in [4.69, 9.17) is 9.97 Å². The maximum Gasteiger partial charge on any atom is 0.164 e. The van der Waals surface area contributed by atoms with Gasteiger partial charge in [-0.3, -0.25) is 4.57 Å². The molecular weight excluding hydrogens is 1040 g/mol. The van der Waals surface area contributed by atoms with Gasteiger partial charge in [-0.2, -0.15) is 0 Å². The third-order valence-electron chi connectivity index (χ3n) is 17.8. The molecule has 86 heavy (non-hydrogen) atoms. The summed E-state index contributed by atoms with van der Waals surface area (Å²) < 4.78 is 2.36. The zero-order valence-electron chi connectivity index (χ0n) is 51.6. The minimum atomic E-state index is -0.0786. The molecule has 1 N–H and O–H groups in total. The van der Waals surface area contributed by atoms with Crippen molar-refractivity contribution < 1.29 is 5.11 Å². The maximum absolute atomic E-state index is 11.6. The molecule has 0 unspecified atom stereocenters. The van der Waals surface area contributed by atoms with Crippen LogP contribution in [0.2, 0.25) is 0 Å². The number of pyridine rings is 1. The van der Waals surface area contributed by atoms with Crippen LogP contribution in [-0.4, -0.2) is 19.6 Å². The van der Waals surface area contributed by atoms with Crippen LogP contribution >= 0.6 is 0 Å². The molecule has 0 bridgehead atoms. The maximum atomic E-state index is 11.6. The molecule has 1 aliphatic rings. The smallest absolute Gasteiger partial charge is 0.164 e. The highest BCUT2D eigenvalue weighted by Gasteiger charge is 2.30. The van der Waals surface area contributed by atoms with Gasteiger partial charge in [-0.05, 0) is 178 Å². The van der Waals surface area contributed by atoms with Crippen LogP contribution in [0.4, 0.5) is 0 Å². The molecule has 0 saturated heterocycles. The molecule has 12 aromatic rings. The van der Waals surface area contributed by atoms with E-state index in [1.54, 1.807) is 6.07 Å². The molecule has 0 spiro atoms. The van der Waals surface area contributed by atoms with E-state index in [9.17, 15) is 5.11 Å². The van der Waals surface area contributed by atoms with Crippen molar-refractivity contribution in [2.75, 3.05) is 0 Å². The van der Waals surface area contributed by atoms with E-state index in [2.05, 4.69) is 293 Å². The molecule has 0 amide bonds. The molecule has 4 heteroatoms. The third kappa shape index (κ3) is 10.1. The number of imidazole rings is 1. The minimum Gasteiger partial charge on any atom is -0.507 e. The highest BCUT2D eigenvalue weighted by molar-refractivity contribution is 6.09. The SMILES string of the molecule is Cc1cccc(C)c1-n1c(-c2ccc3c(n2)-c2c(O)cccc2CC3)nc2c(-c3cccc(-c4c(-c5ccccc5)cccc4-c4cccc(C(C)(C)C)c4)c3)c(-c3c(-c4cccc(C(C)(C)C)c4)cccc3-c3cccc(C(C)(C)C)c3)ccc21. The lowest BCUT2D eigenvalue weighted by atomic mass is 9.80. The van der Waals surface area contributed by atoms with Crippen molar-refractivity contribution in [1.29, 1.82) is 0 Å². The lowest BCUT2D eigenvalue weighted by Gasteiger charge is -2.24. The van der Waals surface area contributed by atoms with Crippen molar-refractivity contribution in [1.82, 2.24) is 14.5 Å². The number of rotatable bonds is 9. The van der Waals surface area contributed by atoms with Crippen molar-refractivity contribution in [2.45, 2.75) is 105 Å². The number of phenols is 1. The standard InChI is InChI=1S/C82H75N3O/c1-51-23-15-24-52(2)78(51)85-70-46-44-68(75-66(57-29-18-34-62(49-57)81(6,7)8)38-22-39-67(75)58-30-19-35-63(50-58)82(9,10)11)73(77(70)84-79(85)69-45-43-55-42-41-54-27-20-40-71(86)74(54)76(55)83-69)60-32-16-31-59(47-60)72-64(53-25-13-12-14-26-53)36-21-37-65(72)56-28-17-33-61(48-56)80(3,4)5/h12-40,43-50,86H,41-42H2,1-11H3. The zero-order chi connectivity index (χ0) is 59.8. The molecule has 2 heterocycles. The number of benzene rings is 10. The van der Waals surface area contributed by atoms with E-state index in [-0.39, 0.29) is 22.0 Å². The number of aryl methyl sites for hydroxylation is 4. The lowest BCUT2D eigenvalue weighted by Crippen LogP contribution is -2.11. The van der Waals surface area contributed by atoms with Gasteiger partial charge in [0.25, 0.3) is 0 Å². The number of fused-ring (bicyclic) bond motifs is 4. The first-order chi connectivity index (χ1) is 41.3. The predicted molar refractivity (Wildman–Crippen MR) is 362 cm³/mol. The molecule has 1 aliphatic carbocycles. The summed E-state index contributed by atoms with van der Waals surface area (Å²) in [6.07, 6.45) is 1.68. The zero-order valence-corrected chi connectivity index (χ0v) is 51.6. The number of hydrogen-bond donors (Lipinski definition) is 1. The van der Waals surface area contributed by atoms with Crippen molar-refractivity contribution in [3.8, 4) is 112 Å². The minimum absolute atomic E-state index is 0.0422. The van der Waals surface area contributed by atoms with Gasteiger partial charge >= 0.3 is 0 Å². The van der Waals surface area contributed by atoms with Gasteiger partial charge in [0.05, 0.1) is 22.4 Å². The van der Waals surface area contributed by atoms with Crippen LogP contribution in [0.3, 0.4) is 0 Å². The second kappa shape index (κ2) is 21.6. The monoisotopic (exact) mass is 1120 g/mol. The Kier molecular flexibility index (Phi) is 14.0. The molecule has 0 aliphatic heterocycles. The van der Waals surface area contributed by atoms with Crippen molar-refractivity contribution in [3.05, 3.63) is 263 Å². The number of hydrogen-bond acceptors (Lipinski definition) is 3. The van der Waals surface area contributed by atoms with Gasteiger partial charge in [0.15, 0.2) is 5.82 Å². The van der Waals surface area contributed by atoms with Gasteiger partial charge in [-0.1, -0.05) is 263 Å². The Morgan fingerprint density at radius 2 is 0.826 bits per heavy atom. The summed E-state index contributed by atoms with van der Waals surface area (Å²) in [5, 5.41) is 11.6. The molecule has 10 aromatic carbocycles. The Morgan fingerprint density at radius 3 is 1.40 bits per heavy atom. The van der Waals surface area contributed by atoms with E-state index >= 15 is 0 Å². The Morgan fingerprint density at radius 1 is 0.360 bits per heavy atom. The van der Waals surface area contributed by atoms with Crippen molar-refractivity contribution >= 4 is 11.0 Å². The average molecular weight is 1120 g/mol. The van der Waals surface area contributed by atoms with Crippen LogP contribution in [0.25, 0.3) is 117 Å². The molecule has 4 nitrogen and oxygen atoms in total. The molecule has 0 fully saturated rings. The molecule has 424 valence electrons. The van der Waals surface area contributed by atoms with E-state index < -0.39 is 0 Å². The number of para-hydroxylation sites is 1. The highest BCUT2D eigenvalue weighted by atomic mass is 16.3. The fraction of sp³-hybridized carbons (Fsp3) is 0.195. The Bertz CT molecular complexity index is 4510. The topological polar surface area (TPSA) is 50.9 Å². The summed E-state index contributed by atoms with van der Waals surface area (Å²) in [5.74, 6) is 0.981. The molecular formula is C82H75N3O. The van der Waals surface area contributed by atoms with Gasteiger partial charge in [0, 0.05) is 11.1 Å². The Balaban J connectivity index is 1.17. The largest absolute Gasteiger partial charge is 0.507 e. The Hall–Kier alpha value is -9.38. The van der Waals surface area contributed by atoms with Crippen molar-refractivity contribution in [3.63, 3.8) is 0 Å². The van der Waals surface area contributed by atoms with Crippen LogP contribution in [0, 0.1) is 13.8 Å². The first-order valence-electron chi connectivity index (χ1n) is 30.5. The second-order valence-electron chi connectivity index (χ2n) is 26.8. The number of aromatic hydroxyl groups is 1. The van der Waals surface area contributed by atoms with E-state index in [0.717, 1.165) is 136 Å². The van der Waals surface area contributed by atoms with Crippen LogP contribution < -0.4 is 0 Å². The molecule has 0 saturated carbocycles. The summed E-state index contributed by atoms with van der Waals surface area (Å²) >= 11 is 0. The number of phenolic OH excluding ortho intramolecular Hbond substituents is 1. The summed E-state index contributed by atoms with van der Waals surface area (Å²) in [6, 6.07) is 82.6. The molecule has 2 aromatic heterocycles. The first kappa shape index (κ1) is 55.8. The van der Waals surface area contributed by atoms with Gasteiger partial charge in [-0.15, -0.1) is 0 Å². The first-order valence-corrected chi connectivity index (χ1v) is 30.5. The summed E-state index contributed by atoms with van der Waals surface area (Å²) in [5.41, 5.74) is 29.2. The fourth-order valence-electron chi connectivity index (χ4n) is 13.1. The van der Waals surface area contributed by atoms with E-state index in [0.29, 0.717) is 0 Å². The van der Waals surface area contributed by atoms with Gasteiger partial charge < -0.3 is 5.11 Å². The van der Waals surface area contributed by atoms with E-state index in [1.807, 2.05) is 6.07 Å². The average Bonchev–Trinajstić information content (AvgIpc) is 1.72. The van der Waals surface area contributed by atoms with Gasteiger partial charge in [0.2, 0.25) is 0 Å². The summed E-state index contributed by atoms with van der Waals surface area (Å²) in [7, 11) is 0. The third-order valence-corrected chi connectivity index (χ3v) is 17.8. The molecule has 13 rings (SSSR count). The fourth-order valence-corrected chi connectivity index (χ4v) is 13.1. The predicted octanol–water partition coefficient (Wildman–Crippen LogP) is 21.7.